The van der Waals surface area contributed by atoms with E-state index in [1.165, 1.54) is 17.0 Å². The first-order chi connectivity index (χ1) is 9.38. The average Bonchev–Trinajstić information content (AvgIpc) is 2.39. The number of nitrogens with one attached hydrogen (secondary N) is 1. The van der Waals surface area contributed by atoms with Gasteiger partial charge in [-0.25, -0.2) is 17.9 Å². The number of hydrogen-bond donors (Lipinski definition) is 1. The first-order valence-corrected chi connectivity index (χ1v) is 7.94. The van der Waals surface area contributed by atoms with Crippen LogP contribution in [0.2, 0.25) is 0 Å². The summed E-state index contributed by atoms with van der Waals surface area (Å²) in [5, 5.41) is 0. The normalized spacial score (nSPS) is 17.0. The molecule has 7 heteroatoms. The van der Waals surface area contributed by atoms with Crippen LogP contribution >= 0.6 is 0 Å². The van der Waals surface area contributed by atoms with Gasteiger partial charge in [-0.15, -0.1) is 0 Å². The first-order valence-electron chi connectivity index (χ1n) is 6.45. The summed E-state index contributed by atoms with van der Waals surface area (Å²) in [5.74, 6) is 0. The van der Waals surface area contributed by atoms with Gasteiger partial charge in [-0.3, -0.25) is 0 Å². The molecule has 110 valence electrons. The lowest BCUT2D eigenvalue weighted by atomic mass is 10.2. The molecule has 0 radical (unpaired) electrons. The fraction of sp³-hybridized carbons (Fsp3) is 0.462. The molecule has 2 rings (SSSR count). The molecule has 0 saturated carbocycles. The number of urea groups is 1. The Morgan fingerprint density at radius 1 is 1.10 bits per heavy atom. The van der Waals surface area contributed by atoms with Gasteiger partial charge in [0.1, 0.15) is 0 Å². The summed E-state index contributed by atoms with van der Waals surface area (Å²) in [6.45, 7) is 4.44. The third kappa shape index (κ3) is 3.49. The molecule has 0 unspecified atom stereocenters. The quantitative estimate of drug-likeness (QED) is 0.870. The van der Waals surface area contributed by atoms with Gasteiger partial charge in [0.2, 0.25) is 0 Å². The number of aryl methyl sites for hydroxylation is 1. The molecule has 2 amide bonds. The molecule has 1 aliphatic heterocycles. The van der Waals surface area contributed by atoms with E-state index in [9.17, 15) is 13.2 Å². The van der Waals surface area contributed by atoms with Crippen molar-refractivity contribution in [2.75, 3.05) is 33.2 Å². The number of sulfonamides is 1. The van der Waals surface area contributed by atoms with Gasteiger partial charge in [0.15, 0.2) is 0 Å². The smallest absolute Gasteiger partial charge is 0.321 e. The van der Waals surface area contributed by atoms with Crippen LogP contribution in [0.3, 0.4) is 0 Å². The topological polar surface area (TPSA) is 69.7 Å². The zero-order chi connectivity index (χ0) is 14.8. The SMILES string of the molecule is Cc1ccc(S(=O)(=O)NC(=O)N2CCN(C)CC2)cc1. The molecule has 1 N–H and O–H groups in total. The van der Waals surface area contributed by atoms with Crippen LogP contribution in [0.1, 0.15) is 5.56 Å². The van der Waals surface area contributed by atoms with E-state index in [1.54, 1.807) is 12.1 Å². The average molecular weight is 297 g/mol. The summed E-state index contributed by atoms with van der Waals surface area (Å²) >= 11 is 0. The van der Waals surface area contributed by atoms with Gasteiger partial charge in [-0.05, 0) is 26.1 Å². The van der Waals surface area contributed by atoms with Gasteiger partial charge in [-0.1, -0.05) is 17.7 Å². The van der Waals surface area contributed by atoms with Crippen molar-refractivity contribution >= 4 is 16.1 Å². The minimum Gasteiger partial charge on any atom is -0.321 e. The second-order valence-corrected chi connectivity index (χ2v) is 6.70. The van der Waals surface area contributed by atoms with Crippen molar-refractivity contribution < 1.29 is 13.2 Å². The molecule has 0 atom stereocenters. The van der Waals surface area contributed by atoms with Gasteiger partial charge in [0, 0.05) is 26.2 Å². The third-order valence-electron chi connectivity index (χ3n) is 3.34. The highest BCUT2D eigenvalue weighted by atomic mass is 32.2. The largest absolute Gasteiger partial charge is 0.331 e. The maximum absolute atomic E-state index is 12.1. The summed E-state index contributed by atoms with van der Waals surface area (Å²) in [6, 6.07) is 5.84. The molecule has 0 spiro atoms. The lowest BCUT2D eigenvalue weighted by molar-refractivity contribution is 0.158. The van der Waals surface area contributed by atoms with E-state index in [0.29, 0.717) is 13.1 Å². The van der Waals surface area contributed by atoms with Gasteiger partial charge < -0.3 is 9.80 Å². The maximum atomic E-state index is 12.1. The number of carbonyl (C=O) groups is 1. The van der Waals surface area contributed by atoms with Crippen molar-refractivity contribution in [1.82, 2.24) is 14.5 Å². The molecule has 1 heterocycles. The predicted octanol–water partition coefficient (Wildman–Crippen LogP) is 0.641. The minimum atomic E-state index is -3.79. The zero-order valence-corrected chi connectivity index (χ0v) is 12.5. The molecule has 0 aliphatic carbocycles. The summed E-state index contributed by atoms with van der Waals surface area (Å²) in [5.41, 5.74) is 0.967. The summed E-state index contributed by atoms with van der Waals surface area (Å²) in [7, 11) is -1.82. The molecule has 1 aromatic rings. The van der Waals surface area contributed by atoms with Crippen LogP contribution in [-0.4, -0.2) is 57.5 Å². The lowest BCUT2D eigenvalue weighted by Crippen LogP contribution is -2.51. The molecule has 0 aromatic heterocycles. The van der Waals surface area contributed by atoms with E-state index < -0.39 is 16.1 Å². The molecule has 1 aromatic carbocycles. The number of amides is 2. The molecule has 1 saturated heterocycles. The van der Waals surface area contributed by atoms with E-state index in [1.807, 2.05) is 14.0 Å². The second-order valence-electron chi connectivity index (χ2n) is 5.01. The number of carbonyl (C=O) groups excluding carboxylic acids is 1. The van der Waals surface area contributed by atoms with E-state index in [0.717, 1.165) is 18.7 Å². The van der Waals surface area contributed by atoms with Crippen LogP contribution in [-0.2, 0) is 10.0 Å². The highest BCUT2D eigenvalue weighted by Crippen LogP contribution is 2.10. The summed E-state index contributed by atoms with van der Waals surface area (Å²) in [4.78, 5) is 15.7. The molecule has 1 fully saturated rings. The lowest BCUT2D eigenvalue weighted by Gasteiger charge is -2.32. The monoisotopic (exact) mass is 297 g/mol. The number of rotatable bonds is 2. The van der Waals surface area contributed by atoms with Crippen molar-refractivity contribution in [3.63, 3.8) is 0 Å². The minimum absolute atomic E-state index is 0.102. The number of nitrogens with zero attached hydrogens (tertiary/aromatic N) is 2. The van der Waals surface area contributed by atoms with Crippen LogP contribution < -0.4 is 4.72 Å². The Kier molecular flexibility index (Phi) is 4.29. The molecule has 1 aliphatic rings. The Morgan fingerprint density at radius 3 is 2.20 bits per heavy atom. The number of piperazine rings is 1. The summed E-state index contributed by atoms with van der Waals surface area (Å²) in [6.07, 6.45) is 0. The van der Waals surface area contributed by atoms with E-state index >= 15 is 0 Å². The van der Waals surface area contributed by atoms with E-state index in [2.05, 4.69) is 9.62 Å². The van der Waals surface area contributed by atoms with Crippen molar-refractivity contribution in [2.24, 2.45) is 0 Å². The maximum Gasteiger partial charge on any atom is 0.331 e. The number of likely N-dealkylation sites (N-methyl/N-ethyl adjacent to an activating group) is 1. The Labute approximate surface area is 119 Å². The standard InChI is InChI=1S/C13H19N3O3S/c1-11-3-5-12(6-4-11)20(18,19)14-13(17)16-9-7-15(2)8-10-16/h3-6H,7-10H2,1-2H3,(H,14,17). The third-order valence-corrected chi connectivity index (χ3v) is 4.68. The fourth-order valence-electron chi connectivity index (χ4n) is 1.97. The highest BCUT2D eigenvalue weighted by molar-refractivity contribution is 7.90. The van der Waals surface area contributed by atoms with Gasteiger partial charge >= 0.3 is 6.03 Å². The van der Waals surface area contributed by atoms with E-state index in [-0.39, 0.29) is 4.90 Å². The summed E-state index contributed by atoms with van der Waals surface area (Å²) < 4.78 is 26.3. The highest BCUT2D eigenvalue weighted by Gasteiger charge is 2.24. The van der Waals surface area contributed by atoms with Crippen molar-refractivity contribution in [3.8, 4) is 0 Å². The number of hydrogen-bond acceptors (Lipinski definition) is 4. The Morgan fingerprint density at radius 2 is 1.65 bits per heavy atom. The molecule has 6 nitrogen and oxygen atoms in total. The van der Waals surface area contributed by atoms with Gasteiger partial charge in [0.25, 0.3) is 10.0 Å². The first kappa shape index (κ1) is 14.8. The Bertz CT molecular complexity index is 575. The van der Waals surface area contributed by atoms with Crippen LogP contribution in [0.4, 0.5) is 4.79 Å². The van der Waals surface area contributed by atoms with Gasteiger partial charge in [-0.2, -0.15) is 0 Å². The van der Waals surface area contributed by atoms with Crippen LogP contribution in [0.5, 0.6) is 0 Å². The van der Waals surface area contributed by atoms with Crippen LogP contribution in [0.15, 0.2) is 29.2 Å². The molecular weight excluding hydrogens is 278 g/mol. The number of benzene rings is 1. The second kappa shape index (κ2) is 5.80. The molecule has 20 heavy (non-hydrogen) atoms. The zero-order valence-electron chi connectivity index (χ0n) is 11.7. The van der Waals surface area contributed by atoms with Crippen molar-refractivity contribution in [1.29, 1.82) is 0 Å². The predicted molar refractivity (Wildman–Crippen MR) is 76.0 cm³/mol. The van der Waals surface area contributed by atoms with Gasteiger partial charge in [0.05, 0.1) is 4.90 Å². The van der Waals surface area contributed by atoms with Crippen molar-refractivity contribution in [3.05, 3.63) is 29.8 Å². The van der Waals surface area contributed by atoms with Crippen LogP contribution in [0.25, 0.3) is 0 Å². The Balaban J connectivity index is 2.04. The van der Waals surface area contributed by atoms with E-state index in [4.69, 9.17) is 0 Å². The Hall–Kier alpha value is -1.60. The molecule has 0 bridgehead atoms. The molecular formula is C13H19N3O3S. The fourth-order valence-corrected chi connectivity index (χ4v) is 2.94. The van der Waals surface area contributed by atoms with Crippen molar-refractivity contribution in [2.45, 2.75) is 11.8 Å². The van der Waals surface area contributed by atoms with Crippen LogP contribution in [0, 0.1) is 6.92 Å².